The monoisotopic (exact) mass is 463 g/mol. The van der Waals surface area contributed by atoms with Crippen LogP contribution in [0.15, 0.2) is 70.9 Å². The van der Waals surface area contributed by atoms with Crippen LogP contribution >= 0.6 is 23.1 Å². The lowest BCUT2D eigenvalue weighted by molar-refractivity contribution is -0.130. The van der Waals surface area contributed by atoms with Crippen molar-refractivity contribution in [2.75, 3.05) is 24.7 Å². The van der Waals surface area contributed by atoms with Crippen LogP contribution in [-0.4, -0.2) is 41.0 Å². The Labute approximate surface area is 196 Å². The van der Waals surface area contributed by atoms with Crippen molar-refractivity contribution in [1.29, 1.82) is 0 Å². The number of nitrogens with zero attached hydrogens (tertiary/aromatic N) is 2. The van der Waals surface area contributed by atoms with E-state index in [0.717, 1.165) is 16.8 Å². The molecule has 3 aromatic rings. The van der Waals surface area contributed by atoms with Crippen molar-refractivity contribution < 1.29 is 9.59 Å². The summed E-state index contributed by atoms with van der Waals surface area (Å²) in [6.07, 6.45) is 6.80. The molecule has 1 saturated heterocycles. The molecule has 7 heteroatoms. The maximum atomic E-state index is 12.7. The first-order valence-electron chi connectivity index (χ1n) is 10.6. The van der Waals surface area contributed by atoms with E-state index in [0.29, 0.717) is 31.1 Å². The van der Waals surface area contributed by atoms with Gasteiger partial charge in [-0.3, -0.25) is 9.59 Å². The summed E-state index contributed by atoms with van der Waals surface area (Å²) in [4.78, 5) is 32.8. The summed E-state index contributed by atoms with van der Waals surface area (Å²) in [5.41, 5.74) is 2.90. The number of anilines is 1. The zero-order valence-electron chi connectivity index (χ0n) is 17.9. The highest BCUT2D eigenvalue weighted by Crippen LogP contribution is 2.28. The van der Waals surface area contributed by atoms with Crippen LogP contribution in [0.5, 0.6) is 0 Å². The smallest absolute Gasteiger partial charge is 0.246 e. The van der Waals surface area contributed by atoms with Gasteiger partial charge >= 0.3 is 0 Å². The van der Waals surface area contributed by atoms with Crippen molar-refractivity contribution in [3.8, 4) is 11.3 Å². The molecule has 0 aliphatic carbocycles. The van der Waals surface area contributed by atoms with E-state index in [4.69, 9.17) is 0 Å². The average Bonchev–Trinajstić information content (AvgIpc) is 3.31. The van der Waals surface area contributed by atoms with Gasteiger partial charge in [-0.1, -0.05) is 42.5 Å². The molecule has 1 aliphatic heterocycles. The Morgan fingerprint density at radius 1 is 1.09 bits per heavy atom. The van der Waals surface area contributed by atoms with Crippen LogP contribution in [0.4, 0.5) is 5.13 Å². The molecule has 0 spiro atoms. The summed E-state index contributed by atoms with van der Waals surface area (Å²) in [6.45, 7) is 1.17. The molecule has 2 amide bonds. The predicted molar refractivity (Wildman–Crippen MR) is 133 cm³/mol. The van der Waals surface area contributed by atoms with Gasteiger partial charge in [0.25, 0.3) is 0 Å². The quantitative estimate of drug-likeness (QED) is 0.392. The van der Waals surface area contributed by atoms with Gasteiger partial charge < -0.3 is 10.2 Å². The Morgan fingerprint density at radius 2 is 1.81 bits per heavy atom. The maximum Gasteiger partial charge on any atom is 0.246 e. The molecule has 1 aliphatic rings. The molecule has 0 atom stereocenters. The third-order valence-corrected chi connectivity index (χ3v) is 7.02. The number of benzene rings is 2. The van der Waals surface area contributed by atoms with Crippen molar-refractivity contribution in [3.05, 3.63) is 71.6 Å². The lowest BCUT2D eigenvalue weighted by Gasteiger charge is -2.30. The SMILES string of the molecule is CSc1ccc(-c2csc(NC(=O)C3CCN(C(=O)/C=C/c4ccccc4)CC3)n2)cc1. The highest BCUT2D eigenvalue weighted by molar-refractivity contribution is 7.98. The van der Waals surface area contributed by atoms with E-state index in [2.05, 4.69) is 22.4 Å². The molecule has 1 fully saturated rings. The highest BCUT2D eigenvalue weighted by Gasteiger charge is 2.27. The molecule has 4 rings (SSSR count). The fourth-order valence-corrected chi connectivity index (χ4v) is 4.76. The molecule has 0 radical (unpaired) electrons. The molecular formula is C25H25N3O2S2. The molecule has 2 aromatic carbocycles. The Bertz CT molecular complexity index is 1090. The lowest BCUT2D eigenvalue weighted by atomic mass is 9.96. The summed E-state index contributed by atoms with van der Waals surface area (Å²) in [6, 6.07) is 18.0. The second-order valence-corrected chi connectivity index (χ2v) is 9.34. The number of hydrogen-bond donors (Lipinski definition) is 1. The molecular weight excluding hydrogens is 438 g/mol. The molecule has 164 valence electrons. The van der Waals surface area contributed by atoms with Gasteiger partial charge in [-0.05, 0) is 42.9 Å². The number of hydrogen-bond acceptors (Lipinski definition) is 5. The van der Waals surface area contributed by atoms with Crippen molar-refractivity contribution in [2.24, 2.45) is 5.92 Å². The number of piperidine rings is 1. The van der Waals surface area contributed by atoms with Crippen molar-refractivity contribution in [1.82, 2.24) is 9.88 Å². The van der Waals surface area contributed by atoms with Crippen molar-refractivity contribution >= 4 is 46.1 Å². The van der Waals surface area contributed by atoms with Crippen LogP contribution in [0.2, 0.25) is 0 Å². The average molecular weight is 464 g/mol. The second kappa shape index (κ2) is 10.6. The molecule has 0 saturated carbocycles. The summed E-state index contributed by atoms with van der Waals surface area (Å²) >= 11 is 3.14. The predicted octanol–water partition coefficient (Wildman–Crippen LogP) is 5.42. The number of amides is 2. The van der Waals surface area contributed by atoms with E-state index < -0.39 is 0 Å². The second-order valence-electron chi connectivity index (χ2n) is 7.60. The zero-order chi connectivity index (χ0) is 22.3. The van der Waals surface area contributed by atoms with E-state index >= 15 is 0 Å². The number of nitrogens with one attached hydrogen (secondary N) is 1. The van der Waals surface area contributed by atoms with Gasteiger partial charge in [0.2, 0.25) is 11.8 Å². The largest absolute Gasteiger partial charge is 0.339 e. The van der Waals surface area contributed by atoms with Gasteiger partial charge in [-0.2, -0.15) is 0 Å². The standard InChI is InChI=1S/C25H25N3O2S2/c1-31-21-10-8-19(9-11-21)22-17-32-25(26-22)27-24(30)20-13-15-28(16-14-20)23(29)12-7-18-5-3-2-4-6-18/h2-12,17,20H,13-16H2,1H3,(H,26,27,30)/b12-7+. The van der Waals surface area contributed by atoms with Crippen LogP contribution in [0.3, 0.4) is 0 Å². The fraction of sp³-hybridized carbons (Fsp3) is 0.240. The normalized spacial score (nSPS) is 14.6. The Hall–Kier alpha value is -2.90. The van der Waals surface area contributed by atoms with Gasteiger partial charge in [0.05, 0.1) is 5.69 Å². The fourth-order valence-electron chi connectivity index (χ4n) is 3.63. The molecule has 0 unspecified atom stereocenters. The van der Waals surface area contributed by atoms with E-state index in [1.54, 1.807) is 17.8 Å². The number of thioether (sulfide) groups is 1. The van der Waals surface area contributed by atoms with Gasteiger partial charge in [0, 0.05) is 40.9 Å². The number of rotatable bonds is 6. The lowest BCUT2D eigenvalue weighted by Crippen LogP contribution is -2.40. The third kappa shape index (κ3) is 5.66. The first-order chi connectivity index (χ1) is 15.6. The number of carbonyl (C=O) groups excluding carboxylic acids is 2. The molecule has 1 N–H and O–H groups in total. The Balaban J connectivity index is 1.28. The van der Waals surface area contributed by atoms with Crippen LogP contribution < -0.4 is 5.32 Å². The van der Waals surface area contributed by atoms with Crippen molar-refractivity contribution in [2.45, 2.75) is 17.7 Å². The van der Waals surface area contributed by atoms with Crippen LogP contribution in [0.1, 0.15) is 18.4 Å². The first-order valence-corrected chi connectivity index (χ1v) is 12.7. The molecule has 1 aromatic heterocycles. The van der Waals surface area contributed by atoms with Gasteiger partial charge in [0.15, 0.2) is 5.13 Å². The molecule has 0 bridgehead atoms. The minimum Gasteiger partial charge on any atom is -0.339 e. The van der Waals surface area contributed by atoms with E-state index in [1.807, 2.05) is 65.1 Å². The van der Waals surface area contributed by atoms with Crippen LogP contribution in [0, 0.1) is 5.92 Å². The van der Waals surface area contributed by atoms with Gasteiger partial charge in [-0.25, -0.2) is 4.98 Å². The number of thiazole rings is 1. The van der Waals surface area contributed by atoms with Crippen LogP contribution in [-0.2, 0) is 9.59 Å². The number of likely N-dealkylation sites (tertiary alicyclic amines) is 1. The topological polar surface area (TPSA) is 62.3 Å². The summed E-state index contributed by atoms with van der Waals surface area (Å²) in [7, 11) is 0. The van der Waals surface area contributed by atoms with Gasteiger partial charge in [-0.15, -0.1) is 23.1 Å². The zero-order valence-corrected chi connectivity index (χ0v) is 19.5. The minimum atomic E-state index is -0.106. The summed E-state index contributed by atoms with van der Waals surface area (Å²) in [5.74, 6) is -0.134. The number of carbonyl (C=O) groups is 2. The Morgan fingerprint density at radius 3 is 2.50 bits per heavy atom. The molecule has 2 heterocycles. The van der Waals surface area contributed by atoms with Gasteiger partial charge in [0.1, 0.15) is 0 Å². The molecule has 5 nitrogen and oxygen atoms in total. The number of aromatic nitrogens is 1. The van der Waals surface area contributed by atoms with E-state index in [-0.39, 0.29) is 17.7 Å². The minimum absolute atomic E-state index is 0.00947. The van der Waals surface area contributed by atoms with Crippen molar-refractivity contribution in [3.63, 3.8) is 0 Å². The third-order valence-electron chi connectivity index (χ3n) is 5.52. The van der Waals surface area contributed by atoms with E-state index in [1.165, 1.54) is 16.2 Å². The highest BCUT2D eigenvalue weighted by atomic mass is 32.2. The summed E-state index contributed by atoms with van der Waals surface area (Å²) < 4.78 is 0. The first kappa shape index (κ1) is 22.3. The maximum absolute atomic E-state index is 12.7. The summed E-state index contributed by atoms with van der Waals surface area (Å²) in [5, 5.41) is 5.54. The van der Waals surface area contributed by atoms with E-state index in [9.17, 15) is 9.59 Å². The van der Waals surface area contributed by atoms with Crippen LogP contribution in [0.25, 0.3) is 17.3 Å². The molecule has 32 heavy (non-hydrogen) atoms. The Kier molecular flexibility index (Phi) is 7.39.